The number of ether oxygens (including phenoxy) is 1. The highest BCUT2D eigenvalue weighted by Gasteiger charge is 2.07. The predicted octanol–water partition coefficient (Wildman–Crippen LogP) is 0.672. The van der Waals surface area contributed by atoms with Gasteiger partial charge in [0.1, 0.15) is 0 Å². The lowest BCUT2D eigenvalue weighted by Gasteiger charge is -2.08. The number of nitrogen functional groups attached to an aromatic ring is 2. The topological polar surface area (TPSA) is 78.3 Å². The Labute approximate surface area is 70.1 Å². The van der Waals surface area contributed by atoms with Crippen LogP contribution in [0.25, 0.3) is 0 Å². The van der Waals surface area contributed by atoms with Gasteiger partial charge in [-0.3, -0.25) is 4.79 Å². The van der Waals surface area contributed by atoms with E-state index in [4.69, 9.17) is 16.2 Å². The van der Waals surface area contributed by atoms with E-state index in [9.17, 15) is 4.79 Å². The molecule has 0 saturated carbocycles. The number of hydrogen-bond donors (Lipinski definition) is 2. The summed E-state index contributed by atoms with van der Waals surface area (Å²) < 4.78 is 4.91. The quantitative estimate of drug-likeness (QED) is 0.500. The second kappa shape index (κ2) is 3.13. The molecule has 1 aromatic carbocycles. The molecule has 0 heterocycles. The van der Waals surface area contributed by atoms with Gasteiger partial charge in [0.15, 0.2) is 12.0 Å². The van der Waals surface area contributed by atoms with Crippen molar-refractivity contribution in [2.75, 3.05) is 18.6 Å². The van der Waals surface area contributed by atoms with Gasteiger partial charge >= 0.3 is 0 Å². The third kappa shape index (κ3) is 1.18. The molecule has 4 heteroatoms. The van der Waals surface area contributed by atoms with Crippen LogP contribution in [-0.4, -0.2) is 13.4 Å². The summed E-state index contributed by atoms with van der Waals surface area (Å²) >= 11 is 0. The van der Waals surface area contributed by atoms with Gasteiger partial charge in [0, 0.05) is 0 Å². The van der Waals surface area contributed by atoms with Crippen molar-refractivity contribution in [3.8, 4) is 5.75 Å². The summed E-state index contributed by atoms with van der Waals surface area (Å²) in [5.74, 6) is 0.338. The van der Waals surface area contributed by atoms with Gasteiger partial charge < -0.3 is 16.2 Å². The molecule has 0 radical (unpaired) electrons. The van der Waals surface area contributed by atoms with Crippen LogP contribution in [0.2, 0.25) is 0 Å². The molecule has 0 spiro atoms. The molecule has 4 N–H and O–H groups in total. The van der Waals surface area contributed by atoms with Gasteiger partial charge in [0.2, 0.25) is 0 Å². The summed E-state index contributed by atoms with van der Waals surface area (Å²) in [5.41, 5.74) is 12.2. The Morgan fingerprint density at radius 2 is 2.08 bits per heavy atom. The molecule has 0 bridgehead atoms. The van der Waals surface area contributed by atoms with E-state index in [1.165, 1.54) is 7.11 Å². The molecule has 0 aliphatic heterocycles. The van der Waals surface area contributed by atoms with E-state index in [0.29, 0.717) is 29.0 Å². The van der Waals surface area contributed by atoms with Gasteiger partial charge in [0.05, 0.1) is 24.0 Å². The van der Waals surface area contributed by atoms with Crippen LogP contribution >= 0.6 is 0 Å². The maximum absolute atomic E-state index is 10.5. The number of nitrogens with two attached hydrogens (primary N) is 2. The molecule has 0 aromatic heterocycles. The lowest BCUT2D eigenvalue weighted by molar-refractivity contribution is 0.112. The largest absolute Gasteiger partial charge is 0.494 e. The van der Waals surface area contributed by atoms with Gasteiger partial charge in [-0.2, -0.15) is 0 Å². The summed E-state index contributed by atoms with van der Waals surface area (Å²) in [5, 5.41) is 0. The number of carbonyl (C=O) groups excluding carboxylic acids is 1. The Kier molecular flexibility index (Phi) is 2.19. The zero-order valence-electron chi connectivity index (χ0n) is 6.70. The first-order valence-corrected chi connectivity index (χ1v) is 3.37. The molecule has 64 valence electrons. The minimum Gasteiger partial charge on any atom is -0.494 e. The number of benzene rings is 1. The smallest absolute Gasteiger partial charge is 0.154 e. The summed E-state index contributed by atoms with van der Waals surface area (Å²) in [6, 6.07) is 3.14. The highest BCUT2D eigenvalue weighted by Crippen LogP contribution is 2.29. The normalized spacial score (nSPS) is 9.42. The fourth-order valence-corrected chi connectivity index (χ4v) is 0.952. The Morgan fingerprint density at radius 3 is 2.58 bits per heavy atom. The van der Waals surface area contributed by atoms with Crippen molar-refractivity contribution in [3.63, 3.8) is 0 Å². The lowest BCUT2D eigenvalue weighted by Crippen LogP contribution is -2.00. The van der Waals surface area contributed by atoms with Gasteiger partial charge in [0.25, 0.3) is 0 Å². The van der Waals surface area contributed by atoms with Crippen LogP contribution < -0.4 is 16.2 Å². The average Bonchev–Trinajstić information content (AvgIpc) is 2.09. The monoisotopic (exact) mass is 166 g/mol. The van der Waals surface area contributed by atoms with E-state index in [0.717, 1.165) is 0 Å². The molecule has 0 amide bonds. The van der Waals surface area contributed by atoms with Crippen molar-refractivity contribution in [2.24, 2.45) is 0 Å². The average molecular weight is 166 g/mol. The second-order valence-corrected chi connectivity index (χ2v) is 2.31. The lowest BCUT2D eigenvalue weighted by atomic mass is 10.1. The number of carbonyl (C=O) groups is 1. The first kappa shape index (κ1) is 8.39. The third-order valence-corrected chi connectivity index (χ3v) is 1.59. The van der Waals surface area contributed by atoms with Crippen molar-refractivity contribution < 1.29 is 9.53 Å². The Hall–Kier alpha value is -1.71. The van der Waals surface area contributed by atoms with Crippen LogP contribution in [0.1, 0.15) is 10.4 Å². The Bertz CT molecular complexity index is 310. The van der Waals surface area contributed by atoms with Crippen LogP contribution in [0.15, 0.2) is 12.1 Å². The number of rotatable bonds is 2. The molecule has 0 saturated heterocycles. The predicted molar refractivity (Wildman–Crippen MR) is 47.2 cm³/mol. The first-order chi connectivity index (χ1) is 5.70. The molecule has 0 aliphatic carbocycles. The minimum absolute atomic E-state index is 0.308. The fourth-order valence-electron chi connectivity index (χ4n) is 0.952. The van der Waals surface area contributed by atoms with Crippen molar-refractivity contribution in [2.45, 2.75) is 0 Å². The minimum atomic E-state index is 0.308. The van der Waals surface area contributed by atoms with Crippen molar-refractivity contribution in [1.29, 1.82) is 0 Å². The summed E-state index contributed by atoms with van der Waals surface area (Å²) in [4.78, 5) is 10.5. The van der Waals surface area contributed by atoms with Crippen LogP contribution in [0.3, 0.4) is 0 Å². The van der Waals surface area contributed by atoms with E-state index < -0.39 is 0 Å². The number of methoxy groups -OCH3 is 1. The van der Waals surface area contributed by atoms with Crippen LogP contribution in [0, 0.1) is 0 Å². The van der Waals surface area contributed by atoms with Gasteiger partial charge in [-0.1, -0.05) is 0 Å². The van der Waals surface area contributed by atoms with Crippen molar-refractivity contribution >= 4 is 17.7 Å². The molecule has 1 rings (SSSR count). The zero-order chi connectivity index (χ0) is 9.14. The van der Waals surface area contributed by atoms with Crippen LogP contribution in [-0.2, 0) is 0 Å². The first-order valence-electron chi connectivity index (χ1n) is 3.37. The summed E-state index contributed by atoms with van der Waals surface area (Å²) in [7, 11) is 1.44. The van der Waals surface area contributed by atoms with Crippen LogP contribution in [0.5, 0.6) is 5.75 Å². The maximum Gasteiger partial charge on any atom is 0.154 e. The fraction of sp³-hybridized carbons (Fsp3) is 0.125. The van der Waals surface area contributed by atoms with E-state index in [-0.39, 0.29) is 0 Å². The van der Waals surface area contributed by atoms with E-state index >= 15 is 0 Å². The van der Waals surface area contributed by atoms with Crippen molar-refractivity contribution in [1.82, 2.24) is 0 Å². The molecule has 0 atom stereocenters. The highest BCUT2D eigenvalue weighted by molar-refractivity contribution is 5.87. The highest BCUT2D eigenvalue weighted by atomic mass is 16.5. The van der Waals surface area contributed by atoms with Gasteiger partial charge in [-0.15, -0.1) is 0 Å². The van der Waals surface area contributed by atoms with Gasteiger partial charge in [-0.05, 0) is 12.1 Å². The molecule has 0 unspecified atom stereocenters. The van der Waals surface area contributed by atoms with Crippen molar-refractivity contribution in [3.05, 3.63) is 17.7 Å². The van der Waals surface area contributed by atoms with E-state index in [1.54, 1.807) is 12.1 Å². The molecule has 1 aromatic rings. The Balaban J connectivity index is 3.35. The molecule has 4 nitrogen and oxygen atoms in total. The van der Waals surface area contributed by atoms with E-state index in [2.05, 4.69) is 0 Å². The maximum atomic E-state index is 10.5. The number of aldehydes is 1. The summed E-state index contributed by atoms with van der Waals surface area (Å²) in [6.45, 7) is 0. The van der Waals surface area contributed by atoms with Crippen LogP contribution in [0.4, 0.5) is 11.4 Å². The zero-order valence-corrected chi connectivity index (χ0v) is 6.70. The van der Waals surface area contributed by atoms with Gasteiger partial charge in [-0.25, -0.2) is 0 Å². The third-order valence-electron chi connectivity index (χ3n) is 1.59. The Morgan fingerprint density at radius 1 is 1.42 bits per heavy atom. The SMILES string of the molecule is COc1c(C=O)ccc(N)c1N. The second-order valence-electron chi connectivity index (χ2n) is 2.31. The molecular formula is C8H10N2O2. The number of anilines is 2. The standard InChI is InChI=1S/C8H10N2O2/c1-12-8-5(4-11)2-3-6(9)7(8)10/h2-4H,9-10H2,1H3. The number of hydrogen-bond acceptors (Lipinski definition) is 4. The molecule has 12 heavy (non-hydrogen) atoms. The summed E-state index contributed by atoms with van der Waals surface area (Å²) in [6.07, 6.45) is 0.675. The molecular weight excluding hydrogens is 156 g/mol. The molecule has 0 aliphatic rings. The van der Waals surface area contributed by atoms with E-state index in [1.807, 2.05) is 0 Å². The molecule has 0 fully saturated rings.